The fraction of sp³-hybridized carbons (Fsp3) is 0.286. The number of rotatable bonds is 4. The van der Waals surface area contributed by atoms with E-state index in [1.54, 1.807) is 0 Å². The third-order valence-corrected chi connectivity index (χ3v) is 3.02. The number of nitrogens with zero attached hydrogens (tertiary/aromatic N) is 3. The highest BCUT2D eigenvalue weighted by Gasteiger charge is 2.19. The van der Waals surface area contributed by atoms with Gasteiger partial charge >= 0.3 is 16.2 Å². The second-order valence-corrected chi connectivity index (χ2v) is 4.83. The third kappa shape index (κ3) is 2.64. The topological polar surface area (TPSA) is 112 Å². The van der Waals surface area contributed by atoms with E-state index in [2.05, 4.69) is 9.97 Å². The summed E-state index contributed by atoms with van der Waals surface area (Å²) in [5.74, 6) is -1.67. The SMILES string of the molecule is CN(C)S(=O)(=O)Nc1nccnc1C(=O)O. The Morgan fingerprint density at radius 2 is 1.94 bits per heavy atom. The van der Waals surface area contributed by atoms with E-state index in [0.29, 0.717) is 0 Å². The van der Waals surface area contributed by atoms with Crippen molar-refractivity contribution in [3.05, 3.63) is 18.1 Å². The first kappa shape index (κ1) is 12.3. The highest BCUT2D eigenvalue weighted by Crippen LogP contribution is 2.10. The van der Waals surface area contributed by atoms with Crippen LogP contribution in [0.5, 0.6) is 0 Å². The van der Waals surface area contributed by atoms with Crippen molar-refractivity contribution in [3.63, 3.8) is 0 Å². The molecule has 16 heavy (non-hydrogen) atoms. The number of aromatic carboxylic acids is 1. The van der Waals surface area contributed by atoms with Gasteiger partial charge in [-0.3, -0.25) is 4.72 Å². The molecule has 8 nitrogen and oxygen atoms in total. The zero-order valence-corrected chi connectivity index (χ0v) is 9.39. The molecule has 0 radical (unpaired) electrons. The zero-order chi connectivity index (χ0) is 12.3. The normalized spacial score (nSPS) is 11.4. The van der Waals surface area contributed by atoms with Crippen molar-refractivity contribution in [1.82, 2.24) is 14.3 Å². The molecule has 1 rings (SSSR count). The quantitative estimate of drug-likeness (QED) is 0.733. The van der Waals surface area contributed by atoms with Gasteiger partial charge in [0.1, 0.15) is 0 Å². The first-order chi connectivity index (χ1) is 7.34. The summed E-state index contributed by atoms with van der Waals surface area (Å²) < 4.78 is 25.8. The van der Waals surface area contributed by atoms with Crippen LogP contribution in [0.25, 0.3) is 0 Å². The number of carboxylic acids is 1. The maximum Gasteiger partial charge on any atom is 0.358 e. The van der Waals surface area contributed by atoms with Crippen LogP contribution < -0.4 is 4.72 Å². The van der Waals surface area contributed by atoms with E-state index in [9.17, 15) is 13.2 Å². The molecule has 0 bridgehead atoms. The van der Waals surface area contributed by atoms with Crippen molar-refractivity contribution in [3.8, 4) is 0 Å². The van der Waals surface area contributed by atoms with Crippen molar-refractivity contribution < 1.29 is 18.3 Å². The summed E-state index contributed by atoms with van der Waals surface area (Å²) in [6, 6.07) is 0. The molecule has 1 aromatic rings. The lowest BCUT2D eigenvalue weighted by Gasteiger charge is -2.13. The van der Waals surface area contributed by atoms with Gasteiger partial charge in [-0.2, -0.15) is 12.7 Å². The third-order valence-electron chi connectivity index (χ3n) is 1.61. The lowest BCUT2D eigenvalue weighted by atomic mass is 10.4. The predicted molar refractivity (Wildman–Crippen MR) is 55.2 cm³/mol. The molecular formula is C7H10N4O4S. The highest BCUT2D eigenvalue weighted by atomic mass is 32.2. The molecule has 9 heteroatoms. The Balaban J connectivity index is 3.12. The molecule has 2 N–H and O–H groups in total. The van der Waals surface area contributed by atoms with Crippen LogP contribution in [0.2, 0.25) is 0 Å². The molecule has 1 heterocycles. The Labute approximate surface area is 92.1 Å². The second kappa shape index (κ2) is 4.41. The number of aromatic nitrogens is 2. The van der Waals surface area contributed by atoms with Gasteiger partial charge in [-0.05, 0) is 0 Å². The van der Waals surface area contributed by atoms with Gasteiger partial charge in [0.05, 0.1) is 0 Å². The van der Waals surface area contributed by atoms with Crippen molar-refractivity contribution in [2.45, 2.75) is 0 Å². The summed E-state index contributed by atoms with van der Waals surface area (Å²) in [5.41, 5.74) is -0.451. The number of nitrogens with one attached hydrogen (secondary N) is 1. The second-order valence-electron chi connectivity index (χ2n) is 2.95. The zero-order valence-electron chi connectivity index (χ0n) is 8.58. The minimum atomic E-state index is -3.79. The first-order valence-corrected chi connectivity index (χ1v) is 5.53. The highest BCUT2D eigenvalue weighted by molar-refractivity contribution is 7.90. The van der Waals surface area contributed by atoms with Crippen molar-refractivity contribution in [1.29, 1.82) is 0 Å². The minimum absolute atomic E-state index is 0.316. The van der Waals surface area contributed by atoms with Crippen LogP contribution in [0.4, 0.5) is 5.82 Å². The summed E-state index contributed by atoms with van der Waals surface area (Å²) in [6.07, 6.45) is 2.36. The number of anilines is 1. The fourth-order valence-corrected chi connectivity index (χ4v) is 1.36. The number of hydrogen-bond acceptors (Lipinski definition) is 5. The van der Waals surface area contributed by atoms with E-state index in [4.69, 9.17) is 5.11 Å². The van der Waals surface area contributed by atoms with Crippen LogP contribution >= 0.6 is 0 Å². The van der Waals surface area contributed by atoms with Crippen LogP contribution in [-0.4, -0.2) is 47.9 Å². The Kier molecular flexibility index (Phi) is 3.40. The molecule has 88 valence electrons. The average Bonchev–Trinajstić information content (AvgIpc) is 2.17. The van der Waals surface area contributed by atoms with Gasteiger partial charge in [-0.1, -0.05) is 0 Å². The van der Waals surface area contributed by atoms with Crippen LogP contribution in [0.1, 0.15) is 10.5 Å². The molecule has 0 amide bonds. The van der Waals surface area contributed by atoms with Crippen molar-refractivity contribution in [2.24, 2.45) is 0 Å². The van der Waals surface area contributed by atoms with Crippen LogP contribution in [0.3, 0.4) is 0 Å². The van der Waals surface area contributed by atoms with Crippen LogP contribution in [0.15, 0.2) is 12.4 Å². The van der Waals surface area contributed by atoms with E-state index in [1.165, 1.54) is 20.3 Å². The molecule has 0 atom stereocenters. The van der Waals surface area contributed by atoms with Gasteiger partial charge in [0.15, 0.2) is 11.5 Å². The average molecular weight is 246 g/mol. The minimum Gasteiger partial charge on any atom is -0.476 e. The number of carboxylic acid groups (broad SMARTS) is 1. The van der Waals surface area contributed by atoms with Gasteiger partial charge in [-0.15, -0.1) is 0 Å². The maximum atomic E-state index is 11.4. The molecular weight excluding hydrogens is 236 g/mol. The van der Waals surface area contributed by atoms with E-state index < -0.39 is 21.9 Å². The summed E-state index contributed by atoms with van der Waals surface area (Å²) in [5, 5.41) is 8.75. The summed E-state index contributed by atoms with van der Waals surface area (Å²) in [7, 11) is -1.18. The standard InChI is InChI=1S/C7H10N4O4S/c1-11(2)16(14,15)10-6-5(7(12)13)8-3-4-9-6/h3-4H,1-2H3,(H,9,10)(H,12,13). The molecule has 0 aliphatic rings. The molecule has 0 saturated heterocycles. The number of carbonyl (C=O) groups is 1. The van der Waals surface area contributed by atoms with Crippen LogP contribution in [0, 0.1) is 0 Å². The molecule has 0 aliphatic carbocycles. The predicted octanol–water partition coefficient (Wildman–Crippen LogP) is -0.607. The summed E-state index contributed by atoms with van der Waals surface area (Å²) in [6.45, 7) is 0. The van der Waals surface area contributed by atoms with Gasteiger partial charge in [0.25, 0.3) is 0 Å². The van der Waals surface area contributed by atoms with E-state index in [0.717, 1.165) is 10.5 Å². The van der Waals surface area contributed by atoms with E-state index in [-0.39, 0.29) is 5.82 Å². The molecule has 0 fully saturated rings. The lowest BCUT2D eigenvalue weighted by molar-refractivity contribution is 0.0691. The molecule has 0 unspecified atom stereocenters. The summed E-state index contributed by atoms with van der Waals surface area (Å²) in [4.78, 5) is 17.8. The maximum absolute atomic E-state index is 11.4. The molecule has 0 aliphatic heterocycles. The van der Waals surface area contributed by atoms with Gasteiger partial charge in [-0.25, -0.2) is 14.8 Å². The largest absolute Gasteiger partial charge is 0.476 e. The Morgan fingerprint density at radius 1 is 1.38 bits per heavy atom. The first-order valence-electron chi connectivity index (χ1n) is 4.09. The lowest BCUT2D eigenvalue weighted by Crippen LogP contribution is -2.30. The molecule has 1 aromatic heterocycles. The van der Waals surface area contributed by atoms with Gasteiger partial charge in [0, 0.05) is 26.5 Å². The Hall–Kier alpha value is -1.74. The van der Waals surface area contributed by atoms with E-state index in [1.807, 2.05) is 4.72 Å². The summed E-state index contributed by atoms with van der Waals surface area (Å²) >= 11 is 0. The fourth-order valence-electron chi connectivity index (χ4n) is 0.783. The Morgan fingerprint density at radius 3 is 2.44 bits per heavy atom. The monoisotopic (exact) mass is 246 g/mol. The number of hydrogen-bond donors (Lipinski definition) is 2. The van der Waals surface area contributed by atoms with Gasteiger partial charge < -0.3 is 5.11 Å². The molecule has 0 aromatic carbocycles. The Bertz CT molecular complexity index is 499. The van der Waals surface area contributed by atoms with E-state index >= 15 is 0 Å². The van der Waals surface area contributed by atoms with Gasteiger partial charge in [0.2, 0.25) is 0 Å². The smallest absolute Gasteiger partial charge is 0.358 e. The van der Waals surface area contributed by atoms with Crippen molar-refractivity contribution >= 4 is 22.0 Å². The molecule has 0 saturated carbocycles. The van der Waals surface area contributed by atoms with Crippen LogP contribution in [-0.2, 0) is 10.2 Å². The molecule has 0 spiro atoms. The van der Waals surface area contributed by atoms with Crippen molar-refractivity contribution in [2.75, 3.05) is 18.8 Å².